The van der Waals surface area contributed by atoms with Crippen LogP contribution < -0.4 is 21.6 Å². The first-order valence-electron chi connectivity index (χ1n) is 9.50. The van der Waals surface area contributed by atoms with Crippen LogP contribution in [0.3, 0.4) is 0 Å². The van der Waals surface area contributed by atoms with Gasteiger partial charge in [-0.3, -0.25) is 4.79 Å². The molecule has 5 N–H and O–H groups in total. The Morgan fingerprint density at radius 1 is 1.45 bits per heavy atom. The average molecular weight is 430 g/mol. The summed E-state index contributed by atoms with van der Waals surface area (Å²) in [6, 6.07) is 3.27. The van der Waals surface area contributed by atoms with Crippen molar-refractivity contribution in [2.45, 2.75) is 31.7 Å². The van der Waals surface area contributed by atoms with Gasteiger partial charge in [-0.2, -0.15) is 0 Å². The summed E-state index contributed by atoms with van der Waals surface area (Å²) in [5, 5.41) is 4.82. The highest BCUT2D eigenvalue weighted by Gasteiger charge is 2.30. The van der Waals surface area contributed by atoms with Gasteiger partial charge in [-0.25, -0.2) is 14.6 Å². The molecule has 1 aromatic rings. The third kappa shape index (κ3) is 4.73. The quantitative estimate of drug-likeness (QED) is 0.451. The molecule has 160 valence electrons. The van der Waals surface area contributed by atoms with E-state index >= 15 is 0 Å². The molecule has 1 atom stereocenters. The number of hydrogen-bond donors (Lipinski definition) is 3. The second-order valence-corrected chi connectivity index (χ2v) is 7.66. The molecule has 1 aromatic carbocycles. The van der Waals surface area contributed by atoms with E-state index in [4.69, 9.17) is 27.9 Å². The highest BCUT2D eigenvalue weighted by molar-refractivity contribution is 6.31. The molecule has 0 saturated carbocycles. The van der Waals surface area contributed by atoms with E-state index in [0.29, 0.717) is 30.2 Å². The lowest BCUT2D eigenvalue weighted by molar-refractivity contribution is -0.128. The van der Waals surface area contributed by atoms with Crippen LogP contribution in [-0.4, -0.2) is 55.5 Å². The number of nitrogens with one attached hydrogen (secondary N) is 1. The number of nitrogens with zero attached hydrogens (tertiary/aromatic N) is 2. The van der Waals surface area contributed by atoms with E-state index < -0.39 is 12.1 Å². The van der Waals surface area contributed by atoms with Crippen molar-refractivity contribution in [3.05, 3.63) is 39.7 Å². The van der Waals surface area contributed by atoms with Gasteiger partial charge in [0.2, 0.25) is 5.91 Å². The SMILES string of the molecule is CN(N)/C(=C(\N)COc1ccc(Cl)c2c1C(CN1CCCC1=O)NCC2)C(F)F. The van der Waals surface area contributed by atoms with Crippen molar-refractivity contribution < 1.29 is 18.3 Å². The maximum absolute atomic E-state index is 13.2. The molecule has 10 heteroatoms. The fourth-order valence-corrected chi connectivity index (χ4v) is 4.13. The largest absolute Gasteiger partial charge is 0.487 e. The predicted molar refractivity (Wildman–Crippen MR) is 106 cm³/mol. The number of ether oxygens (including phenoxy) is 1. The summed E-state index contributed by atoms with van der Waals surface area (Å²) < 4.78 is 32.2. The minimum atomic E-state index is -2.82. The number of nitrogens with two attached hydrogens (primary N) is 2. The number of fused-ring (bicyclic) bond motifs is 1. The van der Waals surface area contributed by atoms with E-state index in [1.54, 1.807) is 12.1 Å². The molecule has 0 aliphatic carbocycles. The van der Waals surface area contributed by atoms with Crippen LogP contribution in [0.2, 0.25) is 5.02 Å². The van der Waals surface area contributed by atoms with Gasteiger partial charge in [-0.15, -0.1) is 0 Å². The lowest BCUT2D eigenvalue weighted by Crippen LogP contribution is -2.40. The van der Waals surface area contributed by atoms with Gasteiger partial charge in [0, 0.05) is 37.1 Å². The van der Waals surface area contributed by atoms with Gasteiger partial charge < -0.3 is 25.7 Å². The fourth-order valence-electron chi connectivity index (χ4n) is 3.88. The van der Waals surface area contributed by atoms with Crippen LogP contribution >= 0.6 is 11.6 Å². The first-order chi connectivity index (χ1) is 13.8. The normalized spacial score (nSPS) is 20.0. The van der Waals surface area contributed by atoms with Crippen molar-refractivity contribution >= 4 is 17.5 Å². The average Bonchev–Trinajstić information content (AvgIpc) is 3.05. The summed E-state index contributed by atoms with van der Waals surface area (Å²) in [6.45, 7) is 1.70. The third-order valence-corrected chi connectivity index (χ3v) is 5.60. The molecule has 1 saturated heterocycles. The first kappa shape index (κ1) is 21.6. The van der Waals surface area contributed by atoms with Crippen molar-refractivity contribution in [1.82, 2.24) is 15.2 Å². The van der Waals surface area contributed by atoms with Crippen molar-refractivity contribution in [1.29, 1.82) is 0 Å². The number of halogens is 3. The number of amides is 1. The van der Waals surface area contributed by atoms with Gasteiger partial charge in [0.05, 0.1) is 11.7 Å². The van der Waals surface area contributed by atoms with Crippen LogP contribution in [0, 0.1) is 0 Å². The molecule has 7 nitrogen and oxygen atoms in total. The van der Waals surface area contributed by atoms with Crippen molar-refractivity contribution in [2.24, 2.45) is 11.6 Å². The topological polar surface area (TPSA) is 96.8 Å². The Balaban J connectivity index is 1.87. The van der Waals surface area contributed by atoms with Gasteiger partial charge in [-0.1, -0.05) is 11.6 Å². The number of rotatable bonds is 7. The molecule has 0 radical (unpaired) electrons. The zero-order chi connectivity index (χ0) is 21.1. The van der Waals surface area contributed by atoms with Crippen LogP contribution in [0.4, 0.5) is 8.78 Å². The fraction of sp³-hybridized carbons (Fsp3) is 0.526. The van der Waals surface area contributed by atoms with Gasteiger partial charge in [-0.05, 0) is 37.1 Å². The maximum atomic E-state index is 13.2. The van der Waals surface area contributed by atoms with E-state index in [1.807, 2.05) is 4.90 Å². The Hall–Kier alpha value is -2.10. The Morgan fingerprint density at radius 3 is 2.83 bits per heavy atom. The first-order valence-corrected chi connectivity index (χ1v) is 9.87. The van der Waals surface area contributed by atoms with Crippen molar-refractivity contribution in [3.8, 4) is 5.75 Å². The molecular formula is C19H26ClF2N5O2. The number of likely N-dealkylation sites (tertiary alicyclic amines) is 1. The smallest absolute Gasteiger partial charge is 0.281 e. The van der Waals surface area contributed by atoms with E-state index in [0.717, 1.165) is 35.6 Å². The Labute approximate surface area is 173 Å². The summed E-state index contributed by atoms with van der Waals surface area (Å²) in [4.78, 5) is 13.9. The van der Waals surface area contributed by atoms with E-state index in [9.17, 15) is 13.6 Å². The molecule has 0 aromatic heterocycles. The lowest BCUT2D eigenvalue weighted by atomic mass is 9.92. The summed E-state index contributed by atoms with van der Waals surface area (Å²) in [7, 11) is 1.30. The zero-order valence-electron chi connectivity index (χ0n) is 16.3. The number of benzene rings is 1. The van der Waals surface area contributed by atoms with Crippen LogP contribution in [0.25, 0.3) is 0 Å². The van der Waals surface area contributed by atoms with Crippen LogP contribution in [0.15, 0.2) is 23.5 Å². The molecular weight excluding hydrogens is 404 g/mol. The number of hydrazine groups is 1. The molecule has 1 fully saturated rings. The predicted octanol–water partition coefficient (Wildman–Crippen LogP) is 1.77. The molecule has 0 bridgehead atoms. The Kier molecular flexibility index (Phi) is 6.81. The number of carbonyl (C=O) groups is 1. The second-order valence-electron chi connectivity index (χ2n) is 7.25. The van der Waals surface area contributed by atoms with Gasteiger partial charge in [0.1, 0.15) is 18.1 Å². The monoisotopic (exact) mass is 429 g/mol. The molecule has 2 heterocycles. The summed E-state index contributed by atoms with van der Waals surface area (Å²) in [5.74, 6) is 6.09. The maximum Gasteiger partial charge on any atom is 0.281 e. The van der Waals surface area contributed by atoms with Gasteiger partial charge in [0.25, 0.3) is 6.43 Å². The second kappa shape index (κ2) is 9.15. The van der Waals surface area contributed by atoms with Gasteiger partial charge in [0.15, 0.2) is 0 Å². The molecule has 29 heavy (non-hydrogen) atoms. The van der Waals surface area contributed by atoms with E-state index in [1.165, 1.54) is 7.05 Å². The highest BCUT2D eigenvalue weighted by atomic mass is 35.5. The summed E-state index contributed by atoms with van der Waals surface area (Å²) >= 11 is 6.40. The molecule has 2 aliphatic heterocycles. The number of hydrogen-bond acceptors (Lipinski definition) is 6. The van der Waals surface area contributed by atoms with Crippen LogP contribution in [0.1, 0.15) is 30.0 Å². The number of carbonyl (C=O) groups excluding carboxylic acids is 1. The number of alkyl halides is 2. The highest BCUT2D eigenvalue weighted by Crippen LogP contribution is 2.37. The van der Waals surface area contributed by atoms with Crippen LogP contribution in [0.5, 0.6) is 5.75 Å². The molecule has 1 unspecified atom stereocenters. The Morgan fingerprint density at radius 2 is 2.21 bits per heavy atom. The van der Waals surface area contributed by atoms with Crippen molar-refractivity contribution in [2.75, 3.05) is 33.3 Å². The number of allylic oxidation sites excluding steroid dienone is 1. The minimum absolute atomic E-state index is 0.128. The lowest BCUT2D eigenvalue weighted by Gasteiger charge is -2.32. The van der Waals surface area contributed by atoms with E-state index in [2.05, 4.69) is 5.32 Å². The summed E-state index contributed by atoms with van der Waals surface area (Å²) in [5.41, 5.74) is 6.97. The molecule has 1 amide bonds. The Bertz CT molecular complexity index is 793. The standard InChI is InChI=1S/C19H26ClF2N5O2/c1-26(24)18(19(21)22)13(23)10-29-15-5-4-12(20)11-6-7-25-14(17(11)15)9-27-8-2-3-16(27)28/h4-5,14,19,25H,2-3,6-10,23-24H2,1H3/b18-13-. The third-order valence-electron chi connectivity index (χ3n) is 5.25. The van der Waals surface area contributed by atoms with E-state index in [-0.39, 0.29) is 24.3 Å². The molecule has 3 rings (SSSR count). The molecule has 0 spiro atoms. The van der Waals surface area contributed by atoms with Crippen molar-refractivity contribution in [3.63, 3.8) is 0 Å². The van der Waals surface area contributed by atoms with Crippen LogP contribution in [-0.2, 0) is 11.2 Å². The molecule has 2 aliphatic rings. The zero-order valence-corrected chi connectivity index (χ0v) is 17.0. The van der Waals surface area contributed by atoms with Gasteiger partial charge >= 0.3 is 0 Å². The summed E-state index contributed by atoms with van der Waals surface area (Å²) in [6.07, 6.45) is -0.706. The minimum Gasteiger partial charge on any atom is -0.487 e.